The number of aromatic nitrogens is 2. The highest BCUT2D eigenvalue weighted by molar-refractivity contribution is 6.31. The van der Waals surface area contributed by atoms with E-state index in [9.17, 15) is 9.59 Å². The van der Waals surface area contributed by atoms with Gasteiger partial charge in [-0.15, -0.1) is 0 Å². The van der Waals surface area contributed by atoms with Crippen LogP contribution in [0.2, 0.25) is 10.0 Å². The Labute approximate surface area is 264 Å². The summed E-state index contributed by atoms with van der Waals surface area (Å²) in [5.74, 6) is 0.937. The number of nitrogens with zero attached hydrogens (tertiary/aromatic N) is 3. The van der Waals surface area contributed by atoms with Crippen molar-refractivity contribution in [3.8, 4) is 16.9 Å². The van der Waals surface area contributed by atoms with Crippen molar-refractivity contribution in [2.45, 2.75) is 32.4 Å². The lowest BCUT2D eigenvalue weighted by molar-refractivity contribution is -0.139. The number of fused-ring (bicyclic) bond motifs is 2. The lowest BCUT2D eigenvalue weighted by Crippen LogP contribution is -2.37. The van der Waals surface area contributed by atoms with Crippen LogP contribution in [0.3, 0.4) is 0 Å². The van der Waals surface area contributed by atoms with Crippen LogP contribution in [0, 0.1) is 18.8 Å². The molecule has 10 heteroatoms. The SMILES string of the molecule is Cc1c(Cl)cccc1OCCC1C2=c3c(-c4cnn(Cc5cc(C(=O)NC6CCOC6=O)ccc5Cl)c4)cccc3=NC[C@@H]21. The summed E-state index contributed by atoms with van der Waals surface area (Å²) in [5, 5.41) is 10.8. The van der Waals surface area contributed by atoms with Crippen molar-refractivity contribution in [3.05, 3.63) is 104 Å². The molecule has 8 nitrogen and oxygen atoms in total. The molecule has 0 radical (unpaired) electrons. The minimum Gasteiger partial charge on any atom is -0.493 e. The second-order valence-corrected chi connectivity index (χ2v) is 12.2. The highest BCUT2D eigenvalue weighted by Gasteiger charge is 2.45. The number of cyclic esters (lactones) is 1. The smallest absolute Gasteiger partial charge is 0.328 e. The minimum atomic E-state index is -0.623. The van der Waals surface area contributed by atoms with Gasteiger partial charge in [0, 0.05) is 57.0 Å². The largest absolute Gasteiger partial charge is 0.493 e. The Morgan fingerprint density at radius 2 is 2.00 bits per heavy atom. The predicted octanol–water partition coefficient (Wildman–Crippen LogP) is 4.76. The Balaban J connectivity index is 1.09. The van der Waals surface area contributed by atoms with Crippen LogP contribution < -0.4 is 20.6 Å². The van der Waals surface area contributed by atoms with Crippen molar-refractivity contribution in [1.82, 2.24) is 15.1 Å². The number of halogens is 2. The van der Waals surface area contributed by atoms with Crippen LogP contribution in [0.4, 0.5) is 0 Å². The van der Waals surface area contributed by atoms with Gasteiger partial charge in [-0.05, 0) is 66.8 Å². The number of nitrogens with one attached hydrogen (secondary N) is 1. The summed E-state index contributed by atoms with van der Waals surface area (Å²) < 4.78 is 12.9. The maximum Gasteiger partial charge on any atom is 0.328 e. The van der Waals surface area contributed by atoms with Gasteiger partial charge >= 0.3 is 5.97 Å². The normalized spacial score (nSPS) is 19.9. The summed E-state index contributed by atoms with van der Waals surface area (Å²) in [6.45, 7) is 4.09. The Bertz CT molecular complexity index is 1920. The molecule has 1 aliphatic carbocycles. The average molecular weight is 630 g/mol. The molecule has 3 aliphatic rings. The minimum absolute atomic E-state index is 0.314. The van der Waals surface area contributed by atoms with E-state index in [0.717, 1.165) is 46.3 Å². The number of esters is 1. The number of hydrogen-bond acceptors (Lipinski definition) is 6. The van der Waals surface area contributed by atoms with Crippen molar-refractivity contribution in [2.75, 3.05) is 19.8 Å². The molecule has 1 N–H and O–H groups in total. The molecule has 0 spiro atoms. The molecule has 3 heterocycles. The molecule has 3 aromatic carbocycles. The standard InChI is InChI=1S/C34H30Cl2N4O4/c1-19-26(35)5-3-7-30(19)43-12-10-24-25-16-37-28-6-2-4-23(32(28)31(24)25)22-15-38-40(18-22)17-21-14-20(8-9-27(21)36)33(41)39-29-11-13-44-34(29)42/h2-9,14-15,18,24-25,29H,10-13,16-17H2,1H3,(H,39,41)/t24?,25-,29?/m1/s1. The van der Waals surface area contributed by atoms with E-state index >= 15 is 0 Å². The zero-order chi connectivity index (χ0) is 30.4. The molecule has 1 saturated heterocycles. The molecule has 224 valence electrons. The summed E-state index contributed by atoms with van der Waals surface area (Å²) >= 11 is 12.8. The van der Waals surface area contributed by atoms with Crippen molar-refractivity contribution in [1.29, 1.82) is 0 Å². The third kappa shape index (κ3) is 5.48. The topological polar surface area (TPSA) is 94.8 Å². The van der Waals surface area contributed by atoms with E-state index in [2.05, 4.69) is 22.5 Å². The van der Waals surface area contributed by atoms with Crippen molar-refractivity contribution >= 4 is 40.7 Å². The van der Waals surface area contributed by atoms with Crippen molar-refractivity contribution in [2.24, 2.45) is 16.8 Å². The first-order chi connectivity index (χ1) is 21.4. The number of carbonyl (C=O) groups excluding carboxylic acids is 2. The van der Waals surface area contributed by atoms with Gasteiger partial charge in [-0.1, -0.05) is 47.0 Å². The van der Waals surface area contributed by atoms with E-state index in [1.165, 1.54) is 10.8 Å². The molecule has 2 aliphatic heterocycles. The van der Waals surface area contributed by atoms with Crippen LogP contribution in [-0.2, 0) is 16.1 Å². The fourth-order valence-electron chi connectivity index (χ4n) is 6.25. The number of amides is 1. The quantitative estimate of drug-likeness (QED) is 0.270. The fraction of sp³-hybridized carbons (Fsp3) is 0.294. The van der Waals surface area contributed by atoms with Crippen LogP contribution in [0.1, 0.15) is 34.3 Å². The first kappa shape index (κ1) is 28.6. The molecular weight excluding hydrogens is 599 g/mol. The van der Waals surface area contributed by atoms with E-state index in [-0.39, 0.29) is 5.91 Å². The third-order valence-corrected chi connectivity index (χ3v) is 9.47. The zero-order valence-electron chi connectivity index (χ0n) is 24.1. The maximum absolute atomic E-state index is 12.8. The molecule has 7 rings (SSSR count). The lowest BCUT2D eigenvalue weighted by Gasteiger charge is -2.11. The number of carbonyl (C=O) groups is 2. The molecule has 2 fully saturated rings. The first-order valence-corrected chi connectivity index (χ1v) is 15.5. The number of benzene rings is 3. The van der Waals surface area contributed by atoms with Crippen LogP contribution in [-0.4, -0.2) is 47.5 Å². The molecule has 3 atom stereocenters. The second kappa shape index (κ2) is 11.7. The van der Waals surface area contributed by atoms with Crippen molar-refractivity contribution in [3.63, 3.8) is 0 Å². The zero-order valence-corrected chi connectivity index (χ0v) is 25.6. The average Bonchev–Trinajstić information content (AvgIpc) is 3.27. The summed E-state index contributed by atoms with van der Waals surface area (Å²) in [4.78, 5) is 29.5. The van der Waals surface area contributed by atoms with Gasteiger partial charge in [0.05, 0.1) is 31.3 Å². The lowest BCUT2D eigenvalue weighted by atomic mass is 10.0. The monoisotopic (exact) mass is 628 g/mol. The Hall–Kier alpha value is -4.14. The highest BCUT2D eigenvalue weighted by atomic mass is 35.5. The Morgan fingerprint density at radius 3 is 2.84 bits per heavy atom. The van der Waals surface area contributed by atoms with Gasteiger partial charge in [-0.2, -0.15) is 5.10 Å². The molecular formula is C34H30Cl2N4O4. The third-order valence-electron chi connectivity index (χ3n) is 8.69. The van der Waals surface area contributed by atoms with Crippen LogP contribution in [0.15, 0.2) is 72.0 Å². The van der Waals surface area contributed by atoms with Gasteiger partial charge in [0.2, 0.25) is 0 Å². The second-order valence-electron chi connectivity index (χ2n) is 11.4. The van der Waals surface area contributed by atoms with Crippen LogP contribution >= 0.6 is 23.2 Å². The summed E-state index contributed by atoms with van der Waals surface area (Å²) in [5.41, 5.74) is 5.67. The van der Waals surface area contributed by atoms with Gasteiger partial charge in [-0.3, -0.25) is 14.5 Å². The van der Waals surface area contributed by atoms with E-state index < -0.39 is 12.0 Å². The van der Waals surface area contributed by atoms with Gasteiger partial charge in [0.1, 0.15) is 11.8 Å². The van der Waals surface area contributed by atoms with E-state index in [4.69, 9.17) is 37.7 Å². The fourth-order valence-corrected chi connectivity index (χ4v) is 6.60. The predicted molar refractivity (Wildman–Crippen MR) is 167 cm³/mol. The van der Waals surface area contributed by atoms with Gasteiger partial charge in [0.15, 0.2) is 0 Å². The molecule has 4 aromatic rings. The highest BCUT2D eigenvalue weighted by Crippen LogP contribution is 2.50. The maximum atomic E-state index is 12.8. The molecule has 0 bridgehead atoms. The van der Waals surface area contributed by atoms with Gasteiger partial charge in [-0.25, -0.2) is 4.79 Å². The van der Waals surface area contributed by atoms with E-state index in [1.54, 1.807) is 18.2 Å². The molecule has 1 amide bonds. The van der Waals surface area contributed by atoms with E-state index in [1.807, 2.05) is 48.3 Å². The summed E-state index contributed by atoms with van der Waals surface area (Å²) in [7, 11) is 0. The summed E-state index contributed by atoms with van der Waals surface area (Å²) in [6, 6.07) is 16.4. The van der Waals surface area contributed by atoms with Crippen LogP contribution in [0.25, 0.3) is 16.7 Å². The van der Waals surface area contributed by atoms with Gasteiger partial charge in [0.25, 0.3) is 5.91 Å². The van der Waals surface area contributed by atoms with E-state index in [0.29, 0.717) is 53.6 Å². The van der Waals surface area contributed by atoms with Gasteiger partial charge < -0.3 is 14.8 Å². The molecule has 1 aromatic heterocycles. The Kier molecular flexibility index (Phi) is 7.64. The number of hydrogen-bond donors (Lipinski definition) is 1. The molecule has 1 saturated carbocycles. The Morgan fingerprint density at radius 1 is 1.14 bits per heavy atom. The molecule has 44 heavy (non-hydrogen) atoms. The summed E-state index contributed by atoms with van der Waals surface area (Å²) in [6.07, 6.45) is 5.24. The van der Waals surface area contributed by atoms with Crippen molar-refractivity contribution < 1.29 is 19.1 Å². The first-order valence-electron chi connectivity index (χ1n) is 14.7. The number of rotatable bonds is 9. The van der Waals surface area contributed by atoms with Crippen LogP contribution in [0.5, 0.6) is 5.75 Å². The number of ether oxygens (including phenoxy) is 2. The molecule has 2 unspecified atom stereocenters.